The van der Waals surface area contributed by atoms with Crippen molar-refractivity contribution in [1.82, 2.24) is 0 Å². The lowest BCUT2D eigenvalue weighted by molar-refractivity contribution is -0.272. The number of hydrogen-bond acceptors (Lipinski definition) is 10. The number of aliphatic hydroxyl groups excluding tert-OH is 8. The van der Waals surface area contributed by atoms with Crippen LogP contribution >= 0.6 is 0 Å². The molecule has 0 radical (unpaired) electrons. The van der Waals surface area contributed by atoms with Crippen molar-refractivity contribution in [2.75, 3.05) is 13.2 Å². The molecule has 0 spiro atoms. The minimum Gasteiger partial charge on any atom is -0.396 e. The topological polar surface area (TPSA) is 202 Å². The van der Waals surface area contributed by atoms with Gasteiger partial charge in [0.05, 0.1) is 24.9 Å². The third-order valence-electron chi connectivity index (χ3n) is 3.53. The molecule has 0 aromatic heterocycles. The van der Waals surface area contributed by atoms with Crippen LogP contribution in [0.5, 0.6) is 0 Å². The highest BCUT2D eigenvalue weighted by atomic mass is 16.5. The summed E-state index contributed by atoms with van der Waals surface area (Å²) in [6.07, 6.45) is -11.3. The molecule has 0 saturated heterocycles. The van der Waals surface area contributed by atoms with E-state index in [1.165, 1.54) is 6.92 Å². The van der Waals surface area contributed by atoms with Gasteiger partial charge in [-0.05, 0) is 13.3 Å². The molecule has 10 nitrogen and oxygen atoms in total. The molecule has 0 amide bonds. The molecule has 22 heavy (non-hydrogen) atoms. The van der Waals surface area contributed by atoms with E-state index in [0.29, 0.717) is 0 Å². The van der Waals surface area contributed by atoms with Gasteiger partial charge < -0.3 is 51.1 Å². The van der Waals surface area contributed by atoms with Crippen LogP contribution in [0, 0.1) is 5.92 Å². The Kier molecular flexibility index (Phi) is 8.87. The molecule has 3 unspecified atom stereocenters. The Bertz CT molecular complexity index is 310. The summed E-state index contributed by atoms with van der Waals surface area (Å²) >= 11 is 0. The summed E-state index contributed by atoms with van der Waals surface area (Å²) in [5, 5.41) is 93.4. The quantitative estimate of drug-likeness (QED) is 0.172. The van der Waals surface area contributed by atoms with E-state index in [4.69, 9.17) is 15.3 Å². The molecule has 134 valence electrons. The van der Waals surface area contributed by atoms with Crippen molar-refractivity contribution < 1.29 is 51.1 Å². The molecule has 0 aliphatic carbocycles. The first-order valence-corrected chi connectivity index (χ1v) is 6.74. The van der Waals surface area contributed by atoms with E-state index in [1.807, 2.05) is 0 Å². The summed E-state index contributed by atoms with van der Waals surface area (Å²) in [6, 6.07) is 0. The average molecular weight is 330 g/mol. The largest absolute Gasteiger partial charge is 0.396 e. The molecule has 7 atom stereocenters. The summed E-state index contributed by atoms with van der Waals surface area (Å²) in [7, 11) is 0. The van der Waals surface area contributed by atoms with Gasteiger partial charge in [0.25, 0.3) is 0 Å². The number of aliphatic hydroxyl groups is 10. The summed E-state index contributed by atoms with van der Waals surface area (Å²) in [4.78, 5) is 0. The lowest BCUT2D eigenvalue weighted by Crippen LogP contribution is -2.55. The maximum absolute atomic E-state index is 9.76. The molecule has 0 aromatic rings. The second kappa shape index (κ2) is 9.03. The van der Waals surface area contributed by atoms with Gasteiger partial charge in [-0.1, -0.05) is 0 Å². The van der Waals surface area contributed by atoms with Gasteiger partial charge in [0.15, 0.2) is 0 Å². The van der Waals surface area contributed by atoms with Crippen LogP contribution in [0.15, 0.2) is 0 Å². The molecular formula is C12H26O10. The first kappa shape index (κ1) is 21.6. The first-order valence-electron chi connectivity index (χ1n) is 6.74. The highest BCUT2D eigenvalue weighted by Crippen LogP contribution is 2.21. The van der Waals surface area contributed by atoms with Gasteiger partial charge >= 0.3 is 0 Å². The van der Waals surface area contributed by atoms with Crippen molar-refractivity contribution >= 4 is 0 Å². The standard InChI is InChI=1S/C12H26O10/c1-5(15)8(17)9(18)6(3-13)2-7(16)10(19)11(20)12(21,22)4-14/h5-11,13-22H,2-4H2,1H3/t5?,6?,7?,8-,9-,10-,11+/m1/s1. The van der Waals surface area contributed by atoms with Gasteiger partial charge in [0.2, 0.25) is 5.79 Å². The Hall–Kier alpha value is -0.400. The van der Waals surface area contributed by atoms with Crippen LogP contribution in [0.2, 0.25) is 0 Å². The Balaban J connectivity index is 4.82. The molecule has 0 bridgehead atoms. The highest BCUT2D eigenvalue weighted by molar-refractivity contribution is 4.88. The van der Waals surface area contributed by atoms with Crippen molar-refractivity contribution in [3.8, 4) is 0 Å². The van der Waals surface area contributed by atoms with Crippen LogP contribution in [0.1, 0.15) is 13.3 Å². The molecule has 0 aromatic carbocycles. The smallest absolute Gasteiger partial charge is 0.216 e. The van der Waals surface area contributed by atoms with Gasteiger partial charge in [-0.15, -0.1) is 0 Å². The van der Waals surface area contributed by atoms with Crippen LogP contribution < -0.4 is 0 Å². The Labute approximate surface area is 127 Å². The van der Waals surface area contributed by atoms with E-state index in [0.717, 1.165) is 0 Å². The summed E-state index contributed by atoms with van der Waals surface area (Å²) in [6.45, 7) is -0.816. The maximum atomic E-state index is 9.76. The van der Waals surface area contributed by atoms with Crippen LogP contribution in [-0.4, -0.2) is 107 Å². The van der Waals surface area contributed by atoms with Crippen molar-refractivity contribution in [3.05, 3.63) is 0 Å². The van der Waals surface area contributed by atoms with E-state index in [9.17, 15) is 35.7 Å². The van der Waals surface area contributed by atoms with E-state index in [-0.39, 0.29) is 0 Å². The van der Waals surface area contributed by atoms with Crippen LogP contribution in [0.3, 0.4) is 0 Å². The summed E-state index contributed by atoms with van der Waals surface area (Å²) in [5.41, 5.74) is 0. The van der Waals surface area contributed by atoms with Crippen molar-refractivity contribution in [2.24, 2.45) is 5.92 Å². The minimum atomic E-state index is -3.05. The number of rotatable bonds is 10. The second-order valence-electron chi connectivity index (χ2n) is 5.44. The van der Waals surface area contributed by atoms with Crippen LogP contribution in [0.25, 0.3) is 0 Å². The lowest BCUT2D eigenvalue weighted by atomic mass is 9.87. The second-order valence-corrected chi connectivity index (χ2v) is 5.44. The third kappa shape index (κ3) is 5.66. The van der Waals surface area contributed by atoms with Crippen molar-refractivity contribution in [1.29, 1.82) is 0 Å². The fraction of sp³-hybridized carbons (Fsp3) is 1.00. The van der Waals surface area contributed by atoms with Crippen LogP contribution in [-0.2, 0) is 0 Å². The third-order valence-corrected chi connectivity index (χ3v) is 3.53. The Morgan fingerprint density at radius 2 is 1.32 bits per heavy atom. The Morgan fingerprint density at radius 3 is 1.68 bits per heavy atom. The van der Waals surface area contributed by atoms with E-state index >= 15 is 0 Å². The highest BCUT2D eigenvalue weighted by Gasteiger charge is 2.42. The number of hydrogen-bond donors (Lipinski definition) is 10. The van der Waals surface area contributed by atoms with E-state index in [1.54, 1.807) is 0 Å². The molecule has 0 aliphatic heterocycles. The van der Waals surface area contributed by atoms with Gasteiger partial charge in [-0.2, -0.15) is 0 Å². The van der Waals surface area contributed by atoms with Crippen molar-refractivity contribution in [3.63, 3.8) is 0 Å². The van der Waals surface area contributed by atoms with Gasteiger partial charge in [0.1, 0.15) is 18.3 Å². The maximum Gasteiger partial charge on any atom is 0.216 e. The zero-order valence-corrected chi connectivity index (χ0v) is 12.1. The summed E-state index contributed by atoms with van der Waals surface area (Å²) in [5.74, 6) is -4.21. The normalized spacial score (nSPS) is 22.5. The predicted octanol–water partition coefficient (Wildman–Crippen LogP) is -5.16. The predicted molar refractivity (Wildman–Crippen MR) is 71.2 cm³/mol. The minimum absolute atomic E-state index is 0.527. The molecule has 0 saturated carbocycles. The monoisotopic (exact) mass is 330 g/mol. The Morgan fingerprint density at radius 1 is 0.818 bits per heavy atom. The van der Waals surface area contributed by atoms with E-state index < -0.39 is 68.0 Å². The molecule has 0 fully saturated rings. The average Bonchev–Trinajstić information content (AvgIpc) is 2.48. The van der Waals surface area contributed by atoms with E-state index in [2.05, 4.69) is 0 Å². The zero-order valence-electron chi connectivity index (χ0n) is 12.1. The molecule has 10 heteroatoms. The molecule has 10 N–H and O–H groups in total. The molecule has 0 aliphatic rings. The fourth-order valence-corrected chi connectivity index (χ4v) is 1.91. The first-order chi connectivity index (χ1) is 9.99. The van der Waals surface area contributed by atoms with Crippen molar-refractivity contribution in [2.45, 2.75) is 55.8 Å². The van der Waals surface area contributed by atoms with Gasteiger partial charge in [-0.25, -0.2) is 0 Å². The van der Waals surface area contributed by atoms with Gasteiger partial charge in [-0.3, -0.25) is 0 Å². The van der Waals surface area contributed by atoms with Gasteiger partial charge in [0, 0.05) is 12.5 Å². The SMILES string of the molecule is CC(O)[C@@H](O)[C@H](O)C(CO)CC(O)[C@@H](O)[C@H](O)C(O)(O)CO. The molecule has 0 heterocycles. The molecule has 0 rings (SSSR count). The molecular weight excluding hydrogens is 304 g/mol. The fourth-order valence-electron chi connectivity index (χ4n) is 1.91. The lowest BCUT2D eigenvalue weighted by Gasteiger charge is -2.34. The zero-order chi connectivity index (χ0) is 17.7. The summed E-state index contributed by atoms with van der Waals surface area (Å²) < 4.78 is 0. The van der Waals surface area contributed by atoms with Crippen LogP contribution in [0.4, 0.5) is 0 Å².